The van der Waals surface area contributed by atoms with E-state index >= 15 is 0 Å². The molecule has 174 valence electrons. The summed E-state index contributed by atoms with van der Waals surface area (Å²) in [7, 11) is 7.11. The first kappa shape index (κ1) is 23.5. The summed E-state index contributed by atoms with van der Waals surface area (Å²) >= 11 is 0. The van der Waals surface area contributed by atoms with Crippen molar-refractivity contribution in [3.05, 3.63) is 41.2 Å². The van der Waals surface area contributed by atoms with Crippen LogP contribution in [-0.4, -0.2) is 71.6 Å². The maximum Gasteiger partial charge on any atom is 0.336 e. The Labute approximate surface area is 187 Å². The highest BCUT2D eigenvalue weighted by Gasteiger charge is 2.37. The molecule has 1 saturated heterocycles. The van der Waals surface area contributed by atoms with E-state index in [9.17, 15) is 9.59 Å². The monoisotopic (exact) mass is 447 g/mol. The SMILES string of the molecule is COC(=O)C1=CN(C[C@H]2CCCO2)C=C(C(=O)OC)C1c1cc(OC)c(OC)c(OC)c1. The van der Waals surface area contributed by atoms with Crippen LogP contribution in [0.1, 0.15) is 24.3 Å². The fraction of sp³-hybridized carbons (Fsp3) is 0.478. The summed E-state index contributed by atoms with van der Waals surface area (Å²) in [4.78, 5) is 27.4. The molecular weight excluding hydrogens is 418 g/mol. The lowest BCUT2D eigenvalue weighted by molar-refractivity contribution is -0.137. The van der Waals surface area contributed by atoms with Crippen molar-refractivity contribution >= 4 is 11.9 Å². The maximum atomic E-state index is 12.8. The van der Waals surface area contributed by atoms with Crippen LogP contribution in [0.4, 0.5) is 0 Å². The van der Waals surface area contributed by atoms with Crippen molar-refractivity contribution in [2.24, 2.45) is 0 Å². The molecule has 1 aromatic carbocycles. The number of hydrogen-bond donors (Lipinski definition) is 0. The van der Waals surface area contributed by atoms with Gasteiger partial charge in [0, 0.05) is 25.6 Å². The summed E-state index contributed by atoms with van der Waals surface area (Å²) in [5, 5.41) is 0. The van der Waals surface area contributed by atoms with Crippen LogP contribution < -0.4 is 14.2 Å². The Morgan fingerprint density at radius 2 is 1.50 bits per heavy atom. The van der Waals surface area contributed by atoms with Crippen LogP contribution >= 0.6 is 0 Å². The van der Waals surface area contributed by atoms with E-state index in [0.717, 1.165) is 12.8 Å². The minimum Gasteiger partial charge on any atom is -0.493 e. The van der Waals surface area contributed by atoms with Gasteiger partial charge >= 0.3 is 11.9 Å². The average molecular weight is 447 g/mol. The quantitative estimate of drug-likeness (QED) is 0.557. The Morgan fingerprint density at radius 1 is 0.938 bits per heavy atom. The standard InChI is InChI=1S/C23H29NO8/c1-27-18-9-14(10-19(28-2)21(18)29-3)20-16(22(25)30-4)12-24(11-15-7-6-8-32-15)13-17(20)23(26)31-5/h9-10,12-13,15,20H,6-8,11H2,1-5H3/t15-/m1/s1. The van der Waals surface area contributed by atoms with Crippen LogP contribution in [0.5, 0.6) is 17.2 Å². The van der Waals surface area contributed by atoms with E-state index in [4.69, 9.17) is 28.4 Å². The molecule has 9 heteroatoms. The molecule has 1 aromatic rings. The highest BCUT2D eigenvalue weighted by atomic mass is 16.5. The van der Waals surface area contributed by atoms with E-state index in [1.54, 1.807) is 29.4 Å². The third-order valence-electron chi connectivity index (χ3n) is 5.53. The van der Waals surface area contributed by atoms with E-state index in [2.05, 4.69) is 0 Å². The molecule has 0 aliphatic carbocycles. The first-order chi connectivity index (χ1) is 15.5. The van der Waals surface area contributed by atoms with E-state index in [-0.39, 0.29) is 17.3 Å². The highest BCUT2D eigenvalue weighted by molar-refractivity contribution is 5.98. The molecular formula is C23H29NO8. The van der Waals surface area contributed by atoms with Crippen molar-refractivity contribution in [2.75, 3.05) is 48.7 Å². The fourth-order valence-corrected chi connectivity index (χ4v) is 4.04. The number of carbonyl (C=O) groups is 2. The molecule has 0 unspecified atom stereocenters. The maximum absolute atomic E-state index is 12.8. The van der Waals surface area contributed by atoms with Crippen LogP contribution in [-0.2, 0) is 23.8 Å². The van der Waals surface area contributed by atoms with Gasteiger partial charge in [-0.3, -0.25) is 0 Å². The normalized spacial score (nSPS) is 18.5. The Morgan fingerprint density at radius 3 is 1.91 bits per heavy atom. The van der Waals surface area contributed by atoms with Gasteiger partial charge < -0.3 is 33.3 Å². The van der Waals surface area contributed by atoms with Gasteiger partial charge in [0.25, 0.3) is 0 Å². The van der Waals surface area contributed by atoms with Gasteiger partial charge in [-0.2, -0.15) is 0 Å². The molecule has 9 nitrogen and oxygen atoms in total. The van der Waals surface area contributed by atoms with E-state index in [1.807, 2.05) is 0 Å². The summed E-state index contributed by atoms with van der Waals surface area (Å²) < 4.78 is 32.1. The molecule has 0 N–H and O–H groups in total. The fourth-order valence-electron chi connectivity index (χ4n) is 4.04. The Balaban J connectivity index is 2.13. The third-order valence-corrected chi connectivity index (χ3v) is 5.53. The van der Waals surface area contributed by atoms with Crippen LogP contribution in [0, 0.1) is 0 Å². The predicted octanol–water partition coefficient (Wildman–Crippen LogP) is 2.40. The topological polar surface area (TPSA) is 92.8 Å². The third kappa shape index (κ3) is 4.67. The van der Waals surface area contributed by atoms with Gasteiger partial charge in [0.1, 0.15) is 0 Å². The smallest absolute Gasteiger partial charge is 0.336 e. The Kier molecular flexibility index (Phi) is 7.63. The number of esters is 2. The van der Waals surface area contributed by atoms with Gasteiger partial charge in [-0.25, -0.2) is 9.59 Å². The summed E-state index contributed by atoms with van der Waals surface area (Å²) in [6, 6.07) is 3.41. The molecule has 3 rings (SSSR count). The number of rotatable bonds is 8. The van der Waals surface area contributed by atoms with Gasteiger partial charge in [0.05, 0.1) is 58.7 Å². The van der Waals surface area contributed by atoms with Crippen LogP contribution in [0.2, 0.25) is 0 Å². The van der Waals surface area contributed by atoms with Crippen LogP contribution in [0.3, 0.4) is 0 Å². The average Bonchev–Trinajstić information content (AvgIpc) is 3.34. The number of nitrogens with zero attached hydrogens (tertiary/aromatic N) is 1. The molecule has 2 aliphatic rings. The highest BCUT2D eigenvalue weighted by Crippen LogP contribution is 2.45. The summed E-state index contributed by atoms with van der Waals surface area (Å²) in [6.07, 6.45) is 5.28. The number of benzene rings is 1. The number of hydrogen-bond acceptors (Lipinski definition) is 9. The predicted molar refractivity (Wildman–Crippen MR) is 115 cm³/mol. The molecule has 2 heterocycles. The van der Waals surface area contributed by atoms with Gasteiger partial charge in [-0.15, -0.1) is 0 Å². The van der Waals surface area contributed by atoms with Crippen molar-refractivity contribution < 1.29 is 38.0 Å². The van der Waals surface area contributed by atoms with Crippen LogP contribution in [0.15, 0.2) is 35.7 Å². The van der Waals surface area contributed by atoms with Crippen LogP contribution in [0.25, 0.3) is 0 Å². The molecule has 1 atom stereocenters. The molecule has 2 aliphatic heterocycles. The second-order valence-electron chi connectivity index (χ2n) is 7.38. The zero-order chi connectivity index (χ0) is 23.3. The van der Waals surface area contributed by atoms with Gasteiger partial charge in [0.2, 0.25) is 5.75 Å². The lowest BCUT2D eigenvalue weighted by atomic mass is 9.83. The van der Waals surface area contributed by atoms with Crippen molar-refractivity contribution in [1.29, 1.82) is 0 Å². The van der Waals surface area contributed by atoms with E-state index in [0.29, 0.717) is 36.0 Å². The lowest BCUT2D eigenvalue weighted by Crippen LogP contribution is -2.32. The second kappa shape index (κ2) is 10.4. The van der Waals surface area contributed by atoms with Crippen molar-refractivity contribution in [1.82, 2.24) is 4.90 Å². The van der Waals surface area contributed by atoms with Gasteiger partial charge in [-0.05, 0) is 30.5 Å². The molecule has 1 fully saturated rings. The first-order valence-electron chi connectivity index (χ1n) is 10.2. The Bertz CT molecular complexity index is 858. The van der Waals surface area contributed by atoms with E-state index in [1.165, 1.54) is 35.5 Å². The zero-order valence-electron chi connectivity index (χ0n) is 19.0. The van der Waals surface area contributed by atoms with Crippen molar-refractivity contribution in [2.45, 2.75) is 24.9 Å². The van der Waals surface area contributed by atoms with Crippen molar-refractivity contribution in [3.63, 3.8) is 0 Å². The minimum absolute atomic E-state index is 0.0121. The minimum atomic E-state index is -0.760. The molecule has 0 radical (unpaired) electrons. The largest absolute Gasteiger partial charge is 0.493 e. The Hall–Kier alpha value is -3.20. The molecule has 0 amide bonds. The molecule has 0 bridgehead atoms. The molecule has 0 saturated carbocycles. The number of ether oxygens (including phenoxy) is 6. The molecule has 32 heavy (non-hydrogen) atoms. The zero-order valence-corrected chi connectivity index (χ0v) is 19.0. The summed E-state index contributed by atoms with van der Waals surface area (Å²) in [5.41, 5.74) is 1.15. The number of carbonyl (C=O) groups excluding carboxylic acids is 2. The summed E-state index contributed by atoms with van der Waals surface area (Å²) in [6.45, 7) is 1.21. The van der Waals surface area contributed by atoms with E-state index < -0.39 is 17.9 Å². The van der Waals surface area contributed by atoms with Gasteiger partial charge in [-0.1, -0.05) is 0 Å². The first-order valence-corrected chi connectivity index (χ1v) is 10.2. The lowest BCUT2D eigenvalue weighted by Gasteiger charge is -2.31. The molecule has 0 aromatic heterocycles. The summed E-state index contributed by atoms with van der Waals surface area (Å²) in [5.74, 6) is -0.675. The molecule has 0 spiro atoms. The number of methoxy groups -OCH3 is 5. The van der Waals surface area contributed by atoms with Crippen molar-refractivity contribution in [3.8, 4) is 17.2 Å². The second-order valence-corrected chi connectivity index (χ2v) is 7.38. The van der Waals surface area contributed by atoms with Gasteiger partial charge in [0.15, 0.2) is 11.5 Å².